The number of halogens is 1. The van der Waals surface area contributed by atoms with Crippen LogP contribution < -0.4 is 5.32 Å². The summed E-state index contributed by atoms with van der Waals surface area (Å²) < 4.78 is 12.7. The van der Waals surface area contributed by atoms with Gasteiger partial charge in [-0.25, -0.2) is 4.39 Å². The summed E-state index contributed by atoms with van der Waals surface area (Å²) in [5.41, 5.74) is 2.31. The van der Waals surface area contributed by atoms with E-state index >= 15 is 0 Å². The maximum Gasteiger partial charge on any atom is 0.251 e. The summed E-state index contributed by atoms with van der Waals surface area (Å²) in [5, 5.41) is 2.77. The number of hydrogen-bond acceptors (Lipinski definition) is 1. The van der Waals surface area contributed by atoms with Crippen molar-refractivity contribution in [2.75, 3.05) is 0 Å². The van der Waals surface area contributed by atoms with E-state index in [1.54, 1.807) is 36.4 Å². The first-order chi connectivity index (χ1) is 8.65. The fraction of sp³-hybridized carbons (Fsp3) is 0.0667. The van der Waals surface area contributed by atoms with Gasteiger partial charge in [0.1, 0.15) is 5.82 Å². The van der Waals surface area contributed by atoms with Crippen molar-refractivity contribution in [2.24, 2.45) is 0 Å². The van der Waals surface area contributed by atoms with Crippen LogP contribution in [0.15, 0.2) is 48.5 Å². The van der Waals surface area contributed by atoms with Crippen molar-refractivity contribution < 1.29 is 9.18 Å². The van der Waals surface area contributed by atoms with Crippen LogP contribution in [0.4, 0.5) is 4.39 Å². The zero-order chi connectivity index (χ0) is 13.0. The van der Waals surface area contributed by atoms with Gasteiger partial charge in [-0.2, -0.15) is 0 Å². The van der Waals surface area contributed by atoms with E-state index in [4.69, 9.17) is 0 Å². The van der Waals surface area contributed by atoms with E-state index in [9.17, 15) is 9.18 Å². The quantitative estimate of drug-likeness (QED) is 0.880. The first-order valence-electron chi connectivity index (χ1n) is 5.60. The topological polar surface area (TPSA) is 29.1 Å². The van der Waals surface area contributed by atoms with Crippen LogP contribution in [0.5, 0.6) is 0 Å². The predicted octanol–water partition coefficient (Wildman–Crippen LogP) is 2.94. The van der Waals surface area contributed by atoms with Crippen molar-refractivity contribution in [3.05, 3.63) is 78.0 Å². The van der Waals surface area contributed by atoms with Gasteiger partial charge in [-0.15, -0.1) is 0 Å². The SMILES string of the molecule is [CH2]c1ccc(C(=O)NCc2ccc(F)cc2)cc1. The van der Waals surface area contributed by atoms with Gasteiger partial charge in [-0.1, -0.05) is 24.3 Å². The van der Waals surface area contributed by atoms with Gasteiger partial charge in [0.25, 0.3) is 5.91 Å². The Bertz CT molecular complexity index is 531. The largest absolute Gasteiger partial charge is 0.348 e. The monoisotopic (exact) mass is 242 g/mol. The van der Waals surface area contributed by atoms with Crippen LogP contribution >= 0.6 is 0 Å². The molecule has 2 nitrogen and oxygen atoms in total. The molecule has 0 saturated heterocycles. The van der Waals surface area contributed by atoms with E-state index in [-0.39, 0.29) is 11.7 Å². The van der Waals surface area contributed by atoms with Crippen molar-refractivity contribution in [2.45, 2.75) is 6.54 Å². The maximum absolute atomic E-state index is 12.7. The fourth-order valence-electron chi connectivity index (χ4n) is 1.54. The molecule has 0 spiro atoms. The molecule has 18 heavy (non-hydrogen) atoms. The molecule has 0 aliphatic rings. The number of carbonyl (C=O) groups excluding carboxylic acids is 1. The number of hydrogen-bond donors (Lipinski definition) is 1. The molecular formula is C15H13FNO. The lowest BCUT2D eigenvalue weighted by Crippen LogP contribution is -2.22. The highest BCUT2D eigenvalue weighted by Crippen LogP contribution is 2.05. The second-order valence-electron chi connectivity index (χ2n) is 4.01. The summed E-state index contributed by atoms with van der Waals surface area (Å²) in [6, 6.07) is 13.1. The van der Waals surface area contributed by atoms with Crippen molar-refractivity contribution in [3.63, 3.8) is 0 Å². The summed E-state index contributed by atoms with van der Waals surface area (Å²) in [5.74, 6) is -0.435. The van der Waals surface area contributed by atoms with Gasteiger partial charge in [0.2, 0.25) is 0 Å². The minimum Gasteiger partial charge on any atom is -0.348 e. The number of carbonyl (C=O) groups is 1. The molecule has 91 valence electrons. The lowest BCUT2D eigenvalue weighted by atomic mass is 10.1. The second kappa shape index (κ2) is 5.45. The highest BCUT2D eigenvalue weighted by molar-refractivity contribution is 5.94. The fourth-order valence-corrected chi connectivity index (χ4v) is 1.54. The zero-order valence-corrected chi connectivity index (χ0v) is 9.82. The van der Waals surface area contributed by atoms with Crippen LogP contribution in [0.25, 0.3) is 0 Å². The van der Waals surface area contributed by atoms with Crippen molar-refractivity contribution in [1.29, 1.82) is 0 Å². The van der Waals surface area contributed by atoms with Gasteiger partial charge in [-0.05, 0) is 42.3 Å². The average Bonchev–Trinajstić information content (AvgIpc) is 2.38. The average molecular weight is 242 g/mol. The lowest BCUT2D eigenvalue weighted by molar-refractivity contribution is 0.0951. The Morgan fingerprint density at radius 3 is 2.28 bits per heavy atom. The summed E-state index contributed by atoms with van der Waals surface area (Å²) in [4.78, 5) is 11.8. The Labute approximate surface area is 105 Å². The molecule has 1 N–H and O–H groups in total. The van der Waals surface area contributed by atoms with Crippen LogP contribution in [0.1, 0.15) is 21.5 Å². The summed E-state index contributed by atoms with van der Waals surface area (Å²) in [6.07, 6.45) is 0. The number of nitrogens with one attached hydrogen (secondary N) is 1. The van der Waals surface area contributed by atoms with Crippen LogP contribution in [-0.4, -0.2) is 5.91 Å². The molecule has 1 amide bonds. The highest BCUT2D eigenvalue weighted by atomic mass is 19.1. The van der Waals surface area contributed by atoms with E-state index in [0.717, 1.165) is 11.1 Å². The van der Waals surface area contributed by atoms with E-state index in [0.29, 0.717) is 12.1 Å². The van der Waals surface area contributed by atoms with E-state index in [1.807, 2.05) is 0 Å². The van der Waals surface area contributed by atoms with Gasteiger partial charge in [0.15, 0.2) is 0 Å². The summed E-state index contributed by atoms with van der Waals surface area (Å²) in [6.45, 7) is 4.14. The molecule has 2 rings (SSSR count). The minimum atomic E-state index is -0.281. The van der Waals surface area contributed by atoms with Crippen molar-refractivity contribution >= 4 is 5.91 Å². The molecule has 0 bridgehead atoms. The van der Waals surface area contributed by atoms with Crippen LogP contribution in [0, 0.1) is 12.7 Å². The minimum absolute atomic E-state index is 0.153. The Morgan fingerprint density at radius 1 is 1.06 bits per heavy atom. The predicted molar refractivity (Wildman–Crippen MR) is 68.5 cm³/mol. The molecular weight excluding hydrogens is 229 g/mol. The first kappa shape index (κ1) is 12.3. The Kier molecular flexibility index (Phi) is 3.72. The molecule has 3 heteroatoms. The Morgan fingerprint density at radius 2 is 1.67 bits per heavy atom. The normalized spacial score (nSPS) is 10.1. The maximum atomic E-state index is 12.7. The molecule has 0 saturated carbocycles. The third kappa shape index (κ3) is 3.17. The Balaban J connectivity index is 1.96. The molecule has 0 heterocycles. The van der Waals surface area contributed by atoms with Gasteiger partial charge in [0, 0.05) is 12.1 Å². The van der Waals surface area contributed by atoms with E-state index in [2.05, 4.69) is 12.2 Å². The molecule has 2 aromatic carbocycles. The number of rotatable bonds is 3. The summed E-state index contributed by atoms with van der Waals surface area (Å²) in [7, 11) is 0. The number of benzene rings is 2. The number of amides is 1. The lowest BCUT2D eigenvalue weighted by Gasteiger charge is -2.05. The van der Waals surface area contributed by atoms with Crippen LogP contribution in [0.2, 0.25) is 0 Å². The molecule has 0 fully saturated rings. The zero-order valence-electron chi connectivity index (χ0n) is 9.82. The molecule has 1 radical (unpaired) electrons. The third-order valence-electron chi connectivity index (χ3n) is 2.58. The van der Waals surface area contributed by atoms with Gasteiger partial charge in [0.05, 0.1) is 0 Å². The van der Waals surface area contributed by atoms with Crippen LogP contribution in [-0.2, 0) is 6.54 Å². The van der Waals surface area contributed by atoms with Gasteiger partial charge < -0.3 is 5.32 Å². The summed E-state index contributed by atoms with van der Waals surface area (Å²) >= 11 is 0. The third-order valence-corrected chi connectivity index (χ3v) is 2.58. The molecule has 0 unspecified atom stereocenters. The highest BCUT2D eigenvalue weighted by Gasteiger charge is 2.04. The van der Waals surface area contributed by atoms with Gasteiger partial charge in [-0.3, -0.25) is 4.79 Å². The van der Waals surface area contributed by atoms with E-state index in [1.165, 1.54) is 12.1 Å². The molecule has 0 aliphatic carbocycles. The molecule has 0 aliphatic heterocycles. The van der Waals surface area contributed by atoms with Crippen molar-refractivity contribution in [3.8, 4) is 0 Å². The molecule has 0 atom stereocenters. The molecule has 0 aromatic heterocycles. The second-order valence-corrected chi connectivity index (χ2v) is 4.01. The van der Waals surface area contributed by atoms with Crippen molar-refractivity contribution in [1.82, 2.24) is 5.32 Å². The van der Waals surface area contributed by atoms with E-state index < -0.39 is 0 Å². The Hall–Kier alpha value is -2.16. The van der Waals surface area contributed by atoms with Gasteiger partial charge >= 0.3 is 0 Å². The standard InChI is InChI=1S/C15H13FNO/c1-11-2-6-13(7-3-11)15(18)17-10-12-4-8-14(16)9-5-12/h2-9H,1,10H2,(H,17,18). The smallest absolute Gasteiger partial charge is 0.251 e. The van der Waals surface area contributed by atoms with Crippen LogP contribution in [0.3, 0.4) is 0 Å². The first-order valence-corrected chi connectivity index (χ1v) is 5.60. The molecule has 2 aromatic rings.